The predicted octanol–water partition coefficient (Wildman–Crippen LogP) is 6.77. The van der Waals surface area contributed by atoms with Crippen LogP contribution in [0.1, 0.15) is 36.1 Å². The first kappa shape index (κ1) is 25.3. The highest BCUT2D eigenvalue weighted by Gasteiger charge is 2.45. The summed E-state index contributed by atoms with van der Waals surface area (Å²) in [6.45, 7) is 4.29. The molecule has 194 valence electrons. The maximum Gasteiger partial charge on any atom is 0.411 e. The van der Waals surface area contributed by atoms with Crippen LogP contribution in [0.15, 0.2) is 83.4 Å². The normalized spacial score (nSPS) is 16.1. The lowest BCUT2D eigenvalue weighted by molar-refractivity contribution is -0.144. The van der Waals surface area contributed by atoms with Crippen LogP contribution in [0.3, 0.4) is 0 Å². The van der Waals surface area contributed by atoms with Crippen molar-refractivity contribution in [3.63, 3.8) is 0 Å². The van der Waals surface area contributed by atoms with Crippen molar-refractivity contribution in [1.82, 2.24) is 5.16 Å². The molecule has 38 heavy (non-hydrogen) atoms. The second kappa shape index (κ2) is 11.3. The van der Waals surface area contributed by atoms with Gasteiger partial charge in [0.15, 0.2) is 5.76 Å². The molecule has 0 bridgehead atoms. The summed E-state index contributed by atoms with van der Waals surface area (Å²) in [4.78, 5) is 24.4. The quantitative estimate of drug-likeness (QED) is 0.250. The van der Waals surface area contributed by atoms with E-state index in [-0.39, 0.29) is 24.4 Å². The second-order valence-corrected chi connectivity index (χ2v) is 9.37. The number of aryl methyl sites for hydroxylation is 1. The zero-order chi connectivity index (χ0) is 26.5. The Balaban J connectivity index is 1.21. The highest BCUT2D eigenvalue weighted by atomic mass is 16.5. The molecule has 1 fully saturated rings. The first-order valence-corrected chi connectivity index (χ1v) is 12.8. The van der Waals surface area contributed by atoms with Crippen LogP contribution in [0.2, 0.25) is 0 Å². The van der Waals surface area contributed by atoms with Crippen LogP contribution < -0.4 is 5.32 Å². The van der Waals surface area contributed by atoms with Gasteiger partial charge in [-0.25, -0.2) is 4.79 Å². The van der Waals surface area contributed by atoms with E-state index < -0.39 is 6.09 Å². The summed E-state index contributed by atoms with van der Waals surface area (Å²) in [5, 5.41) is 6.82. The molecule has 1 heterocycles. The van der Waals surface area contributed by atoms with Crippen molar-refractivity contribution in [1.29, 1.82) is 0 Å². The van der Waals surface area contributed by atoms with Gasteiger partial charge in [0.2, 0.25) is 0 Å². The molecule has 7 nitrogen and oxygen atoms in total. The Morgan fingerprint density at radius 2 is 1.58 bits per heavy atom. The lowest BCUT2D eigenvalue weighted by atomic mass is 10.00. The molecule has 1 aliphatic rings. The maximum atomic E-state index is 12.4. The average Bonchev–Trinajstić information content (AvgIpc) is 3.67. The number of carbonyl (C=O) groups is 2. The third kappa shape index (κ3) is 5.78. The summed E-state index contributed by atoms with van der Waals surface area (Å²) in [6.07, 6.45) is 0.935. The molecule has 0 radical (unpaired) electrons. The van der Waals surface area contributed by atoms with Crippen molar-refractivity contribution in [2.24, 2.45) is 5.92 Å². The monoisotopic (exact) mass is 510 g/mol. The summed E-state index contributed by atoms with van der Waals surface area (Å²) < 4.78 is 16.0. The Bertz CT molecular complexity index is 1390. The van der Waals surface area contributed by atoms with Gasteiger partial charge < -0.3 is 14.0 Å². The van der Waals surface area contributed by atoms with Gasteiger partial charge in [0.1, 0.15) is 11.4 Å². The van der Waals surface area contributed by atoms with E-state index in [0.717, 1.165) is 34.2 Å². The van der Waals surface area contributed by atoms with Crippen LogP contribution >= 0.6 is 0 Å². The summed E-state index contributed by atoms with van der Waals surface area (Å²) >= 11 is 0. The molecule has 1 aromatic heterocycles. The minimum Gasteiger partial charge on any atom is -0.466 e. The zero-order valence-electron chi connectivity index (χ0n) is 21.5. The number of esters is 1. The molecule has 0 aliphatic heterocycles. The molecule has 1 N–H and O–H groups in total. The molecule has 3 aromatic carbocycles. The van der Waals surface area contributed by atoms with E-state index in [4.69, 9.17) is 14.0 Å². The summed E-state index contributed by atoms with van der Waals surface area (Å²) in [6, 6.07) is 26.0. The number of amides is 1. The number of ether oxygens (including phenoxy) is 2. The van der Waals surface area contributed by atoms with Crippen molar-refractivity contribution in [2.45, 2.75) is 32.6 Å². The SMILES string of the molecule is CCOC(=O)[C@H]1C[C@H]1c1ccc(-c2ccc(-c3onc(C)c3NC(=O)OCCc3ccccc3)cc2)cc1. The molecule has 0 spiro atoms. The zero-order valence-corrected chi connectivity index (χ0v) is 21.5. The van der Waals surface area contributed by atoms with Gasteiger partial charge in [0.25, 0.3) is 0 Å². The van der Waals surface area contributed by atoms with E-state index in [1.165, 1.54) is 0 Å². The number of benzene rings is 3. The Kier molecular flexibility index (Phi) is 7.54. The smallest absolute Gasteiger partial charge is 0.411 e. The van der Waals surface area contributed by atoms with E-state index in [9.17, 15) is 9.59 Å². The highest BCUT2D eigenvalue weighted by Crippen LogP contribution is 2.48. The largest absolute Gasteiger partial charge is 0.466 e. The summed E-state index contributed by atoms with van der Waals surface area (Å²) in [7, 11) is 0. The lowest BCUT2D eigenvalue weighted by Gasteiger charge is -2.08. The number of rotatable bonds is 9. The van der Waals surface area contributed by atoms with Gasteiger partial charge >= 0.3 is 12.1 Å². The molecule has 1 amide bonds. The van der Waals surface area contributed by atoms with Crippen molar-refractivity contribution in [3.05, 3.63) is 95.7 Å². The number of hydrogen-bond acceptors (Lipinski definition) is 6. The molecular formula is C31H30N2O5. The van der Waals surface area contributed by atoms with Crippen LogP contribution in [-0.4, -0.2) is 30.4 Å². The van der Waals surface area contributed by atoms with Crippen molar-refractivity contribution in [2.75, 3.05) is 18.5 Å². The first-order valence-electron chi connectivity index (χ1n) is 12.8. The molecule has 5 rings (SSSR count). The number of aromatic nitrogens is 1. The summed E-state index contributed by atoms with van der Waals surface area (Å²) in [5.41, 5.74) is 6.23. The fourth-order valence-electron chi connectivity index (χ4n) is 4.57. The third-order valence-electron chi connectivity index (χ3n) is 6.76. The number of nitrogens with one attached hydrogen (secondary N) is 1. The van der Waals surface area contributed by atoms with E-state index in [0.29, 0.717) is 30.2 Å². The number of nitrogens with zero attached hydrogens (tertiary/aromatic N) is 1. The van der Waals surface area contributed by atoms with E-state index in [2.05, 4.69) is 34.7 Å². The van der Waals surface area contributed by atoms with Gasteiger partial charge in [-0.2, -0.15) is 0 Å². The van der Waals surface area contributed by atoms with Crippen LogP contribution in [-0.2, 0) is 20.7 Å². The first-order chi connectivity index (χ1) is 18.5. The Labute approximate surface area is 221 Å². The number of anilines is 1. The lowest BCUT2D eigenvalue weighted by Crippen LogP contribution is -2.16. The highest BCUT2D eigenvalue weighted by molar-refractivity contribution is 5.91. The third-order valence-corrected chi connectivity index (χ3v) is 6.76. The molecule has 0 unspecified atom stereocenters. The van der Waals surface area contributed by atoms with Gasteiger partial charge in [-0.1, -0.05) is 84.0 Å². The van der Waals surface area contributed by atoms with Crippen LogP contribution in [0.4, 0.5) is 10.5 Å². The van der Waals surface area contributed by atoms with Gasteiger partial charge in [-0.15, -0.1) is 0 Å². The Hall–Kier alpha value is -4.39. The topological polar surface area (TPSA) is 90.7 Å². The van der Waals surface area contributed by atoms with Crippen LogP contribution in [0.25, 0.3) is 22.5 Å². The van der Waals surface area contributed by atoms with E-state index in [1.54, 1.807) is 6.92 Å². The molecule has 7 heteroatoms. The minimum absolute atomic E-state index is 0.0191. The standard InChI is InChI=1S/C31H30N2O5/c1-3-36-30(34)27-19-26(27)24-13-9-22(10-14-24)23-11-15-25(16-12-23)29-28(20(2)33-38-29)32-31(35)37-18-17-21-7-5-4-6-8-21/h4-16,26-27H,3,17-19H2,1-2H3,(H,32,35)/t26-,27-/m0/s1. The minimum atomic E-state index is -0.550. The molecule has 2 atom stereocenters. The fraction of sp³-hybridized carbons (Fsp3) is 0.258. The molecule has 1 aliphatic carbocycles. The molecule has 0 saturated heterocycles. The van der Waals surface area contributed by atoms with E-state index >= 15 is 0 Å². The van der Waals surface area contributed by atoms with Gasteiger partial charge in [0.05, 0.1) is 19.1 Å². The molecule has 4 aromatic rings. The van der Waals surface area contributed by atoms with Gasteiger partial charge in [-0.05, 0) is 48.4 Å². The van der Waals surface area contributed by atoms with Crippen LogP contribution in [0.5, 0.6) is 0 Å². The molecule has 1 saturated carbocycles. The molecular weight excluding hydrogens is 480 g/mol. The van der Waals surface area contributed by atoms with Crippen molar-refractivity contribution >= 4 is 17.7 Å². The van der Waals surface area contributed by atoms with Gasteiger partial charge in [-0.3, -0.25) is 10.1 Å². The van der Waals surface area contributed by atoms with Crippen LogP contribution in [0, 0.1) is 12.8 Å². The summed E-state index contributed by atoms with van der Waals surface area (Å²) in [5.74, 6) is 0.600. The maximum absolute atomic E-state index is 12.4. The number of hydrogen-bond donors (Lipinski definition) is 1. The van der Waals surface area contributed by atoms with E-state index in [1.807, 2.05) is 61.5 Å². The predicted molar refractivity (Wildman–Crippen MR) is 145 cm³/mol. The Morgan fingerprint density at radius 3 is 2.26 bits per heavy atom. The Morgan fingerprint density at radius 1 is 0.921 bits per heavy atom. The second-order valence-electron chi connectivity index (χ2n) is 9.37. The average molecular weight is 511 g/mol. The van der Waals surface area contributed by atoms with Gasteiger partial charge in [0, 0.05) is 12.0 Å². The van der Waals surface area contributed by atoms with Crippen molar-refractivity contribution in [3.8, 4) is 22.5 Å². The fourth-order valence-corrected chi connectivity index (χ4v) is 4.57. The van der Waals surface area contributed by atoms with Crippen molar-refractivity contribution < 1.29 is 23.6 Å². The number of carbonyl (C=O) groups excluding carboxylic acids is 2.